The van der Waals surface area contributed by atoms with Gasteiger partial charge in [-0.25, -0.2) is 0 Å². The Bertz CT molecular complexity index is 991. The maximum Gasteiger partial charge on any atom is 0.312 e. The number of carbonyl (C=O) groups is 1. The molecule has 0 saturated carbocycles. The van der Waals surface area contributed by atoms with Crippen LogP contribution in [0.15, 0.2) is 24.3 Å². The van der Waals surface area contributed by atoms with Crippen molar-refractivity contribution >= 4 is 5.97 Å². The van der Waals surface area contributed by atoms with Gasteiger partial charge in [-0.1, -0.05) is 0 Å². The molecule has 158 valence electrons. The molecule has 0 aromatic heterocycles. The second-order valence-electron chi connectivity index (χ2n) is 7.34. The predicted molar refractivity (Wildman–Crippen MR) is 104 cm³/mol. The molecule has 2 unspecified atom stereocenters. The fraction of sp³-hybridized carbons (Fsp3) is 0.409. The summed E-state index contributed by atoms with van der Waals surface area (Å²) < 4.78 is 38.7. The van der Waals surface area contributed by atoms with E-state index in [1.165, 1.54) is 7.11 Å². The highest BCUT2D eigenvalue weighted by molar-refractivity contribution is 5.78. The van der Waals surface area contributed by atoms with Gasteiger partial charge < -0.3 is 33.2 Å². The van der Waals surface area contributed by atoms with Crippen LogP contribution in [0.25, 0.3) is 0 Å². The molecule has 2 aromatic carbocycles. The Balaban J connectivity index is 1.72. The van der Waals surface area contributed by atoms with Crippen LogP contribution in [-0.4, -0.2) is 47.3 Å². The average molecular weight is 414 g/mol. The zero-order chi connectivity index (χ0) is 21.0. The fourth-order valence-electron chi connectivity index (χ4n) is 4.59. The van der Waals surface area contributed by atoms with E-state index >= 15 is 0 Å². The van der Waals surface area contributed by atoms with Gasteiger partial charge in [-0.2, -0.15) is 0 Å². The first kappa shape index (κ1) is 18.9. The Kier molecular flexibility index (Phi) is 4.39. The maximum absolute atomic E-state index is 12.8. The highest BCUT2D eigenvalue weighted by Crippen LogP contribution is 2.59. The minimum Gasteiger partial charge on any atom is -0.493 e. The van der Waals surface area contributed by atoms with E-state index < -0.39 is 5.92 Å². The van der Waals surface area contributed by atoms with Crippen molar-refractivity contribution in [2.75, 3.05) is 35.2 Å². The molecule has 1 fully saturated rings. The van der Waals surface area contributed by atoms with E-state index in [9.17, 15) is 4.79 Å². The molecule has 0 N–H and O–H groups in total. The molecule has 8 heteroatoms. The zero-order valence-electron chi connectivity index (χ0n) is 17.1. The topological polar surface area (TPSA) is 85.0 Å². The summed E-state index contributed by atoms with van der Waals surface area (Å²) in [6, 6.07) is 7.60. The third kappa shape index (κ3) is 2.67. The van der Waals surface area contributed by atoms with Crippen LogP contribution in [0, 0.1) is 5.92 Å². The summed E-state index contributed by atoms with van der Waals surface area (Å²) in [5.41, 5.74) is 2.75. The molecule has 5 rings (SSSR count). The lowest BCUT2D eigenvalue weighted by Crippen LogP contribution is -2.32. The summed E-state index contributed by atoms with van der Waals surface area (Å²) in [4.78, 5) is 12.8. The van der Waals surface area contributed by atoms with Gasteiger partial charge in [-0.15, -0.1) is 0 Å². The van der Waals surface area contributed by atoms with E-state index in [4.69, 9.17) is 33.2 Å². The van der Waals surface area contributed by atoms with Crippen LogP contribution in [0.2, 0.25) is 0 Å². The van der Waals surface area contributed by atoms with Gasteiger partial charge in [0.25, 0.3) is 0 Å². The van der Waals surface area contributed by atoms with Gasteiger partial charge in [0.1, 0.15) is 12.2 Å². The fourth-order valence-corrected chi connectivity index (χ4v) is 4.59. The van der Waals surface area contributed by atoms with Gasteiger partial charge in [0, 0.05) is 5.92 Å². The first-order valence-corrected chi connectivity index (χ1v) is 9.57. The Morgan fingerprint density at radius 1 is 0.900 bits per heavy atom. The third-order valence-corrected chi connectivity index (χ3v) is 5.98. The minimum absolute atomic E-state index is 0.169. The second-order valence-corrected chi connectivity index (χ2v) is 7.34. The smallest absolute Gasteiger partial charge is 0.312 e. The van der Waals surface area contributed by atoms with E-state index in [0.717, 1.165) is 16.7 Å². The van der Waals surface area contributed by atoms with Crippen molar-refractivity contribution in [3.8, 4) is 28.7 Å². The Labute approximate surface area is 173 Å². The summed E-state index contributed by atoms with van der Waals surface area (Å²) in [6.07, 6.45) is -0.439. The van der Waals surface area contributed by atoms with Crippen LogP contribution in [0.3, 0.4) is 0 Å². The molecule has 2 aliphatic heterocycles. The maximum atomic E-state index is 12.8. The number of fused-ring (bicyclic) bond motifs is 4. The number of epoxide rings is 1. The number of carbonyl (C=O) groups excluding carboxylic acids is 1. The predicted octanol–water partition coefficient (Wildman–Crippen LogP) is 2.82. The van der Waals surface area contributed by atoms with Crippen LogP contribution in [0.4, 0.5) is 0 Å². The highest BCUT2D eigenvalue weighted by Gasteiger charge is 2.58. The van der Waals surface area contributed by atoms with E-state index in [2.05, 4.69) is 0 Å². The molecule has 3 aliphatic rings. The summed E-state index contributed by atoms with van der Waals surface area (Å²) in [7, 11) is 6.06. The second kappa shape index (κ2) is 6.98. The van der Waals surface area contributed by atoms with Crippen molar-refractivity contribution in [1.82, 2.24) is 0 Å². The molecule has 0 bridgehead atoms. The van der Waals surface area contributed by atoms with E-state index in [1.54, 1.807) is 21.3 Å². The summed E-state index contributed by atoms with van der Waals surface area (Å²) in [5.74, 6) is 1.64. The van der Waals surface area contributed by atoms with Crippen molar-refractivity contribution in [2.45, 2.75) is 18.1 Å². The lowest BCUT2D eigenvalue weighted by Gasteiger charge is -2.30. The molecule has 2 heterocycles. The number of hydrogen-bond acceptors (Lipinski definition) is 8. The van der Waals surface area contributed by atoms with Crippen LogP contribution in [0.1, 0.15) is 28.7 Å². The first-order chi connectivity index (χ1) is 14.6. The molecule has 0 amide bonds. The van der Waals surface area contributed by atoms with E-state index in [0.29, 0.717) is 28.7 Å². The van der Waals surface area contributed by atoms with E-state index in [-0.39, 0.29) is 30.9 Å². The van der Waals surface area contributed by atoms with Crippen LogP contribution >= 0.6 is 0 Å². The quantitative estimate of drug-likeness (QED) is 0.546. The summed E-state index contributed by atoms with van der Waals surface area (Å²) >= 11 is 0. The summed E-state index contributed by atoms with van der Waals surface area (Å²) in [5, 5.41) is 0. The highest BCUT2D eigenvalue weighted by atomic mass is 16.7. The normalized spacial score (nSPS) is 25.1. The molecule has 2 aromatic rings. The van der Waals surface area contributed by atoms with Gasteiger partial charge in [-0.3, -0.25) is 4.79 Å². The number of benzene rings is 2. The van der Waals surface area contributed by atoms with Crippen molar-refractivity contribution < 1.29 is 38.0 Å². The Hall–Kier alpha value is -3.13. The Morgan fingerprint density at radius 3 is 2.10 bits per heavy atom. The molecule has 1 saturated heterocycles. The SMILES string of the molecule is COC(=O)[C@@H]1C2OC2c2cc3c(cc2[C@H]1c1cc(OC)c(OC)c(OC)c1)OCO3. The van der Waals surface area contributed by atoms with Crippen molar-refractivity contribution in [3.05, 3.63) is 41.0 Å². The lowest BCUT2D eigenvalue weighted by atomic mass is 9.71. The summed E-state index contributed by atoms with van der Waals surface area (Å²) in [6.45, 7) is 0.169. The van der Waals surface area contributed by atoms with Gasteiger partial charge in [0.15, 0.2) is 23.0 Å². The molecule has 0 spiro atoms. The molecule has 1 aliphatic carbocycles. The van der Waals surface area contributed by atoms with Crippen LogP contribution < -0.4 is 23.7 Å². The van der Waals surface area contributed by atoms with E-state index in [1.807, 2.05) is 24.3 Å². The van der Waals surface area contributed by atoms with Crippen LogP contribution in [0.5, 0.6) is 28.7 Å². The molecular formula is C22H22O8. The lowest BCUT2D eigenvalue weighted by molar-refractivity contribution is -0.146. The van der Waals surface area contributed by atoms with Gasteiger partial charge in [0.05, 0.1) is 34.4 Å². The molecule has 0 radical (unpaired) electrons. The number of methoxy groups -OCH3 is 4. The first-order valence-electron chi connectivity index (χ1n) is 9.57. The number of ether oxygens (including phenoxy) is 7. The molecular weight excluding hydrogens is 392 g/mol. The van der Waals surface area contributed by atoms with Crippen molar-refractivity contribution in [3.63, 3.8) is 0 Å². The number of hydrogen-bond donors (Lipinski definition) is 0. The average Bonchev–Trinajstić information content (AvgIpc) is 3.44. The largest absolute Gasteiger partial charge is 0.493 e. The van der Waals surface area contributed by atoms with Gasteiger partial charge >= 0.3 is 5.97 Å². The molecule has 30 heavy (non-hydrogen) atoms. The zero-order valence-corrected chi connectivity index (χ0v) is 17.1. The monoisotopic (exact) mass is 414 g/mol. The van der Waals surface area contributed by atoms with Gasteiger partial charge in [0.2, 0.25) is 12.5 Å². The van der Waals surface area contributed by atoms with Crippen molar-refractivity contribution in [2.24, 2.45) is 5.92 Å². The number of esters is 1. The van der Waals surface area contributed by atoms with Crippen molar-refractivity contribution in [1.29, 1.82) is 0 Å². The minimum atomic E-state index is -0.518. The van der Waals surface area contributed by atoms with Gasteiger partial charge in [-0.05, 0) is 41.0 Å². The van der Waals surface area contributed by atoms with Crippen LogP contribution in [-0.2, 0) is 14.3 Å². The molecule has 8 nitrogen and oxygen atoms in total. The number of rotatable bonds is 5. The standard InChI is InChI=1S/C22H22O8/c1-24-15-5-10(6-16(25-2)20(15)26-3)17-11-7-13-14(29-9-28-13)8-12(11)19-21(30-19)18(17)22(23)27-4/h5-8,17-19,21H,9H2,1-4H3/t17-,18+,19?,21?/m1/s1. The Morgan fingerprint density at radius 2 is 1.53 bits per heavy atom. The molecule has 4 atom stereocenters. The third-order valence-electron chi connectivity index (χ3n) is 5.98.